The van der Waals surface area contributed by atoms with Crippen molar-refractivity contribution in [2.45, 2.75) is 24.7 Å². The van der Waals surface area contributed by atoms with E-state index in [-0.39, 0.29) is 17.3 Å². The average molecular weight is 232 g/mol. The van der Waals surface area contributed by atoms with Crippen LogP contribution in [-0.2, 0) is 14.9 Å². The van der Waals surface area contributed by atoms with Gasteiger partial charge in [-0.2, -0.15) is 0 Å². The van der Waals surface area contributed by atoms with Crippen LogP contribution in [-0.4, -0.2) is 24.3 Å². The van der Waals surface area contributed by atoms with Crippen LogP contribution in [0, 0.1) is 5.41 Å². The molecule has 0 atom stereocenters. The predicted octanol–water partition coefficient (Wildman–Crippen LogP) is 2.21. The molecule has 3 fully saturated rings. The molecule has 0 radical (unpaired) electrons. The highest BCUT2D eigenvalue weighted by Crippen LogP contribution is 2.60. The molecule has 3 heteroatoms. The highest BCUT2D eigenvalue weighted by Gasteiger charge is 2.59. The zero-order chi connectivity index (χ0) is 11.9. The van der Waals surface area contributed by atoms with Gasteiger partial charge >= 0.3 is 5.97 Å². The summed E-state index contributed by atoms with van der Waals surface area (Å²) in [5, 5.41) is 8.95. The lowest BCUT2D eigenvalue weighted by Gasteiger charge is -2.60. The minimum atomic E-state index is -0.711. The second-order valence-electron chi connectivity index (χ2n) is 5.56. The third-order valence-corrected chi connectivity index (χ3v) is 4.13. The standard InChI is InChI=1S/C14H16O3/c15-12(16)6-13-7-14(8-13,10-17-9-13)11-4-2-1-3-5-11/h1-5H,6-10H2,(H,15,16). The van der Waals surface area contributed by atoms with Gasteiger partial charge in [-0.3, -0.25) is 4.79 Å². The van der Waals surface area contributed by atoms with Crippen molar-refractivity contribution >= 4 is 5.97 Å². The third kappa shape index (κ3) is 1.65. The summed E-state index contributed by atoms with van der Waals surface area (Å²) in [5.74, 6) is -0.711. The fraction of sp³-hybridized carbons (Fsp3) is 0.500. The number of aliphatic carboxylic acids is 1. The summed E-state index contributed by atoms with van der Waals surface area (Å²) in [7, 11) is 0. The molecule has 90 valence electrons. The topological polar surface area (TPSA) is 46.5 Å². The molecule has 0 aromatic heterocycles. The van der Waals surface area contributed by atoms with E-state index in [0.717, 1.165) is 19.4 Å². The molecule has 1 aliphatic carbocycles. The van der Waals surface area contributed by atoms with Crippen molar-refractivity contribution in [3.63, 3.8) is 0 Å². The third-order valence-electron chi connectivity index (χ3n) is 4.13. The Morgan fingerprint density at radius 2 is 1.94 bits per heavy atom. The number of rotatable bonds is 3. The quantitative estimate of drug-likeness (QED) is 0.869. The second-order valence-corrected chi connectivity index (χ2v) is 5.56. The molecule has 2 saturated heterocycles. The van der Waals surface area contributed by atoms with Crippen LogP contribution in [0.5, 0.6) is 0 Å². The van der Waals surface area contributed by atoms with Crippen LogP contribution >= 0.6 is 0 Å². The van der Waals surface area contributed by atoms with Gasteiger partial charge in [-0.05, 0) is 18.4 Å². The Bertz CT molecular complexity index is 432. The lowest BCUT2D eigenvalue weighted by Crippen LogP contribution is -2.59. The summed E-state index contributed by atoms with van der Waals surface area (Å²) < 4.78 is 5.63. The lowest BCUT2D eigenvalue weighted by atomic mass is 9.48. The van der Waals surface area contributed by atoms with E-state index in [0.29, 0.717) is 6.61 Å². The van der Waals surface area contributed by atoms with E-state index in [1.807, 2.05) is 18.2 Å². The first-order chi connectivity index (χ1) is 8.14. The number of carboxylic acid groups (broad SMARTS) is 1. The molecule has 2 bridgehead atoms. The maximum atomic E-state index is 10.9. The summed E-state index contributed by atoms with van der Waals surface area (Å²) in [6, 6.07) is 10.3. The van der Waals surface area contributed by atoms with Crippen molar-refractivity contribution in [2.75, 3.05) is 13.2 Å². The van der Waals surface area contributed by atoms with Gasteiger partial charge in [-0.25, -0.2) is 0 Å². The van der Waals surface area contributed by atoms with E-state index >= 15 is 0 Å². The smallest absolute Gasteiger partial charge is 0.303 e. The van der Waals surface area contributed by atoms with Crippen molar-refractivity contribution in [3.05, 3.63) is 35.9 Å². The Morgan fingerprint density at radius 3 is 2.59 bits per heavy atom. The maximum absolute atomic E-state index is 10.9. The van der Waals surface area contributed by atoms with Gasteiger partial charge in [0, 0.05) is 10.8 Å². The molecule has 1 aromatic rings. The molecular formula is C14H16O3. The van der Waals surface area contributed by atoms with Crippen molar-refractivity contribution < 1.29 is 14.6 Å². The van der Waals surface area contributed by atoms with E-state index in [1.165, 1.54) is 5.56 Å². The number of carbonyl (C=O) groups is 1. The summed E-state index contributed by atoms with van der Waals surface area (Å²) in [4.78, 5) is 10.9. The van der Waals surface area contributed by atoms with Gasteiger partial charge < -0.3 is 9.84 Å². The molecule has 1 saturated carbocycles. The zero-order valence-corrected chi connectivity index (χ0v) is 9.69. The summed E-state index contributed by atoms with van der Waals surface area (Å²) in [5.41, 5.74) is 1.26. The van der Waals surface area contributed by atoms with E-state index in [4.69, 9.17) is 9.84 Å². The van der Waals surface area contributed by atoms with E-state index in [1.54, 1.807) is 0 Å². The Hall–Kier alpha value is -1.35. The van der Waals surface area contributed by atoms with E-state index in [9.17, 15) is 4.79 Å². The van der Waals surface area contributed by atoms with Crippen LogP contribution < -0.4 is 0 Å². The number of fused-ring (bicyclic) bond motifs is 2. The van der Waals surface area contributed by atoms with Crippen molar-refractivity contribution in [2.24, 2.45) is 5.41 Å². The van der Waals surface area contributed by atoms with Crippen molar-refractivity contribution in [1.82, 2.24) is 0 Å². The van der Waals surface area contributed by atoms with Gasteiger partial charge in [0.05, 0.1) is 19.6 Å². The van der Waals surface area contributed by atoms with Crippen LogP contribution in [0.4, 0.5) is 0 Å². The molecule has 1 aromatic carbocycles. The fourth-order valence-corrected chi connectivity index (χ4v) is 3.63. The molecule has 4 rings (SSSR count). The van der Waals surface area contributed by atoms with Gasteiger partial charge in [-0.15, -0.1) is 0 Å². The Labute approximate surface area is 100 Å². The molecule has 3 nitrogen and oxygen atoms in total. The van der Waals surface area contributed by atoms with Crippen molar-refractivity contribution in [3.8, 4) is 0 Å². The SMILES string of the molecule is O=C(O)CC12COCC(c3ccccc3)(C1)C2. The van der Waals surface area contributed by atoms with E-state index < -0.39 is 5.97 Å². The number of benzene rings is 1. The van der Waals surface area contributed by atoms with Crippen LogP contribution in [0.25, 0.3) is 0 Å². The van der Waals surface area contributed by atoms with Crippen LogP contribution in [0.1, 0.15) is 24.8 Å². The largest absolute Gasteiger partial charge is 0.481 e. The highest BCUT2D eigenvalue weighted by atomic mass is 16.5. The van der Waals surface area contributed by atoms with Crippen molar-refractivity contribution in [1.29, 1.82) is 0 Å². The predicted molar refractivity (Wildman–Crippen MR) is 62.9 cm³/mol. The lowest BCUT2D eigenvalue weighted by molar-refractivity contribution is -0.171. The zero-order valence-electron chi connectivity index (χ0n) is 9.69. The first-order valence-electron chi connectivity index (χ1n) is 5.99. The summed E-state index contributed by atoms with van der Waals surface area (Å²) >= 11 is 0. The molecular weight excluding hydrogens is 216 g/mol. The monoisotopic (exact) mass is 232 g/mol. The number of carboxylic acids is 1. The van der Waals surface area contributed by atoms with E-state index in [2.05, 4.69) is 12.1 Å². The molecule has 0 amide bonds. The van der Waals surface area contributed by atoms with Gasteiger partial charge in [0.25, 0.3) is 0 Å². The normalized spacial score (nSPS) is 35.1. The van der Waals surface area contributed by atoms with Crippen LogP contribution in [0.3, 0.4) is 0 Å². The van der Waals surface area contributed by atoms with Gasteiger partial charge in [-0.1, -0.05) is 30.3 Å². The van der Waals surface area contributed by atoms with Gasteiger partial charge in [0.15, 0.2) is 0 Å². The van der Waals surface area contributed by atoms with Crippen LogP contribution in [0.15, 0.2) is 30.3 Å². The number of ether oxygens (including phenoxy) is 1. The number of hydrogen-bond acceptors (Lipinski definition) is 2. The average Bonchev–Trinajstić information content (AvgIpc) is 2.28. The summed E-state index contributed by atoms with van der Waals surface area (Å²) in [6.07, 6.45) is 2.15. The Morgan fingerprint density at radius 1 is 1.24 bits per heavy atom. The minimum Gasteiger partial charge on any atom is -0.481 e. The number of hydrogen-bond donors (Lipinski definition) is 1. The summed E-state index contributed by atoms with van der Waals surface area (Å²) in [6.45, 7) is 1.34. The molecule has 1 N–H and O–H groups in total. The Balaban J connectivity index is 1.83. The molecule has 0 spiro atoms. The first-order valence-corrected chi connectivity index (χ1v) is 5.99. The van der Waals surface area contributed by atoms with Gasteiger partial charge in [0.1, 0.15) is 0 Å². The molecule has 2 aliphatic heterocycles. The maximum Gasteiger partial charge on any atom is 0.303 e. The fourth-order valence-electron chi connectivity index (χ4n) is 3.63. The molecule has 3 aliphatic rings. The molecule has 17 heavy (non-hydrogen) atoms. The Kier molecular flexibility index (Phi) is 2.26. The van der Waals surface area contributed by atoms with Crippen LogP contribution in [0.2, 0.25) is 0 Å². The second kappa shape index (κ2) is 3.57. The van der Waals surface area contributed by atoms with Gasteiger partial charge in [0.2, 0.25) is 0 Å². The first kappa shape index (κ1) is 10.8. The molecule has 0 unspecified atom stereocenters. The minimum absolute atomic E-state index is 0.0783. The highest BCUT2D eigenvalue weighted by molar-refractivity contribution is 5.68. The molecule has 2 heterocycles.